The Balaban J connectivity index is 1.70. The molecule has 2 amide bonds. The molecule has 3 rings (SSSR count). The van der Waals surface area contributed by atoms with Crippen LogP contribution in [0.25, 0.3) is 0 Å². The second kappa shape index (κ2) is 11.4. The van der Waals surface area contributed by atoms with Gasteiger partial charge in [0, 0.05) is 31.4 Å². The molecule has 0 bridgehead atoms. The Hall–Kier alpha value is -2.54. The van der Waals surface area contributed by atoms with Gasteiger partial charge in [0.05, 0.1) is 5.56 Å². The highest BCUT2D eigenvalue weighted by Crippen LogP contribution is 2.31. The molecular formula is C25H32F3N3O. The van der Waals surface area contributed by atoms with Crippen LogP contribution in [0.3, 0.4) is 0 Å². The Kier molecular flexibility index (Phi) is 8.56. The first-order valence-electron chi connectivity index (χ1n) is 11.4. The predicted octanol–water partition coefficient (Wildman–Crippen LogP) is 6.39. The molecule has 2 aromatic rings. The number of rotatable bonds is 8. The van der Waals surface area contributed by atoms with Crippen LogP contribution in [0.15, 0.2) is 54.6 Å². The maximum absolute atomic E-state index is 13.2. The van der Waals surface area contributed by atoms with Crippen LogP contribution in [-0.4, -0.2) is 41.5 Å². The van der Waals surface area contributed by atoms with E-state index < -0.39 is 11.7 Å². The number of hydrogen-bond acceptors (Lipinski definition) is 2. The summed E-state index contributed by atoms with van der Waals surface area (Å²) in [6, 6.07) is 14.2. The fraction of sp³-hybridized carbons (Fsp3) is 0.480. The monoisotopic (exact) mass is 447 g/mol. The first-order chi connectivity index (χ1) is 15.4. The molecule has 1 fully saturated rings. The van der Waals surface area contributed by atoms with Crippen LogP contribution in [0.1, 0.15) is 50.2 Å². The van der Waals surface area contributed by atoms with Crippen LogP contribution in [0.5, 0.6) is 0 Å². The Labute approximate surface area is 188 Å². The molecule has 1 N–H and O–H groups in total. The molecule has 174 valence electrons. The molecule has 0 radical (unpaired) electrons. The number of unbranched alkanes of at least 4 members (excludes halogenated alkanes) is 2. The Morgan fingerprint density at radius 2 is 1.78 bits per heavy atom. The number of benzene rings is 2. The number of urea groups is 1. The molecule has 1 heterocycles. The first-order valence-corrected chi connectivity index (χ1v) is 11.4. The second-order valence-corrected chi connectivity index (χ2v) is 8.40. The average molecular weight is 448 g/mol. The van der Waals surface area contributed by atoms with Crippen molar-refractivity contribution in [1.82, 2.24) is 9.80 Å². The topological polar surface area (TPSA) is 35.6 Å². The van der Waals surface area contributed by atoms with Crippen molar-refractivity contribution in [2.75, 3.05) is 25.0 Å². The van der Waals surface area contributed by atoms with Gasteiger partial charge in [0.1, 0.15) is 0 Å². The Morgan fingerprint density at radius 1 is 1.06 bits per heavy atom. The van der Waals surface area contributed by atoms with E-state index in [4.69, 9.17) is 0 Å². The molecule has 1 aliphatic rings. The van der Waals surface area contributed by atoms with Gasteiger partial charge in [-0.25, -0.2) is 4.79 Å². The van der Waals surface area contributed by atoms with Crippen LogP contribution < -0.4 is 5.32 Å². The number of alkyl halides is 3. The molecule has 1 aliphatic heterocycles. The van der Waals surface area contributed by atoms with Gasteiger partial charge in [0.15, 0.2) is 0 Å². The number of nitrogens with zero attached hydrogens (tertiary/aromatic N) is 2. The van der Waals surface area contributed by atoms with Crippen LogP contribution in [0.2, 0.25) is 0 Å². The van der Waals surface area contributed by atoms with Gasteiger partial charge in [0.25, 0.3) is 0 Å². The van der Waals surface area contributed by atoms with Crippen molar-refractivity contribution in [2.24, 2.45) is 0 Å². The number of likely N-dealkylation sites (tertiary alicyclic amines) is 1. The summed E-state index contributed by atoms with van der Waals surface area (Å²) in [6.07, 6.45) is 0.862. The number of carbonyl (C=O) groups is 1. The summed E-state index contributed by atoms with van der Waals surface area (Å²) in [6.45, 7) is 5.55. The highest BCUT2D eigenvalue weighted by Gasteiger charge is 2.31. The van der Waals surface area contributed by atoms with E-state index in [0.29, 0.717) is 6.54 Å². The third kappa shape index (κ3) is 6.99. The van der Waals surface area contributed by atoms with Gasteiger partial charge in [-0.15, -0.1) is 0 Å². The molecule has 32 heavy (non-hydrogen) atoms. The Morgan fingerprint density at radius 3 is 2.44 bits per heavy atom. The summed E-state index contributed by atoms with van der Waals surface area (Å²) in [5, 5.41) is 2.70. The molecule has 0 atom stereocenters. The minimum atomic E-state index is -4.45. The van der Waals surface area contributed by atoms with Crippen molar-refractivity contribution in [3.05, 3.63) is 65.7 Å². The Bertz CT molecular complexity index is 849. The van der Waals surface area contributed by atoms with E-state index in [1.807, 2.05) is 30.3 Å². The normalized spacial score (nSPS) is 15.5. The van der Waals surface area contributed by atoms with Crippen LogP contribution in [0.4, 0.5) is 23.7 Å². The smallest absolute Gasteiger partial charge is 0.317 e. The van der Waals surface area contributed by atoms with Crippen LogP contribution in [0, 0.1) is 0 Å². The van der Waals surface area contributed by atoms with E-state index in [2.05, 4.69) is 17.1 Å². The van der Waals surface area contributed by atoms with E-state index in [0.717, 1.165) is 50.2 Å². The van der Waals surface area contributed by atoms with Crippen molar-refractivity contribution < 1.29 is 18.0 Å². The predicted molar refractivity (Wildman–Crippen MR) is 121 cm³/mol. The molecule has 2 aromatic carbocycles. The lowest BCUT2D eigenvalue weighted by atomic mass is 10.0. The fourth-order valence-corrected chi connectivity index (χ4v) is 4.16. The van der Waals surface area contributed by atoms with Gasteiger partial charge < -0.3 is 15.1 Å². The van der Waals surface area contributed by atoms with E-state index >= 15 is 0 Å². The van der Waals surface area contributed by atoms with Crippen molar-refractivity contribution in [3.63, 3.8) is 0 Å². The summed E-state index contributed by atoms with van der Waals surface area (Å²) >= 11 is 0. The zero-order valence-electron chi connectivity index (χ0n) is 18.6. The van der Waals surface area contributed by atoms with Gasteiger partial charge in [-0.05, 0) is 49.6 Å². The lowest BCUT2D eigenvalue weighted by Crippen LogP contribution is -2.48. The number of anilines is 1. The molecule has 0 spiro atoms. The van der Waals surface area contributed by atoms with Crippen molar-refractivity contribution in [3.8, 4) is 0 Å². The van der Waals surface area contributed by atoms with Crippen LogP contribution in [-0.2, 0) is 12.7 Å². The third-order valence-corrected chi connectivity index (χ3v) is 5.97. The van der Waals surface area contributed by atoms with Crippen LogP contribution >= 0.6 is 0 Å². The molecular weight excluding hydrogens is 415 g/mol. The molecule has 0 unspecified atom stereocenters. The van der Waals surface area contributed by atoms with Gasteiger partial charge >= 0.3 is 12.2 Å². The minimum absolute atomic E-state index is 0.0448. The molecule has 0 saturated carbocycles. The first kappa shape index (κ1) is 24.1. The van der Waals surface area contributed by atoms with E-state index in [-0.39, 0.29) is 17.8 Å². The maximum Gasteiger partial charge on any atom is 0.416 e. The number of carbonyl (C=O) groups excluding carboxylic acids is 1. The number of nitrogens with one attached hydrogen (secondary N) is 1. The number of hydrogen-bond donors (Lipinski definition) is 1. The third-order valence-electron chi connectivity index (χ3n) is 5.97. The lowest BCUT2D eigenvalue weighted by molar-refractivity contribution is -0.137. The zero-order valence-corrected chi connectivity index (χ0v) is 18.6. The lowest BCUT2D eigenvalue weighted by Gasteiger charge is -2.38. The van der Waals surface area contributed by atoms with E-state index in [9.17, 15) is 18.0 Å². The van der Waals surface area contributed by atoms with Crippen molar-refractivity contribution in [1.29, 1.82) is 0 Å². The van der Waals surface area contributed by atoms with Gasteiger partial charge in [-0.3, -0.25) is 0 Å². The van der Waals surface area contributed by atoms with Gasteiger partial charge in [0.2, 0.25) is 0 Å². The summed E-state index contributed by atoms with van der Waals surface area (Å²) in [5.74, 6) is 0. The highest BCUT2D eigenvalue weighted by atomic mass is 19.4. The standard InChI is InChI=1S/C25H32F3N3O/c1-2-3-7-15-30-16-13-23(14-17-30)31(19-20-9-5-4-6-10-20)24(32)29-22-12-8-11-21(18-22)25(26,27)28/h4-6,8-12,18,23H,2-3,7,13-17,19H2,1H3,(H,29,32). The minimum Gasteiger partial charge on any atom is -0.317 e. The maximum atomic E-state index is 13.2. The van der Waals surface area contributed by atoms with Gasteiger partial charge in [-0.2, -0.15) is 13.2 Å². The summed E-state index contributed by atoms with van der Waals surface area (Å²) in [7, 11) is 0. The van der Waals surface area contributed by atoms with E-state index in [1.165, 1.54) is 31.4 Å². The second-order valence-electron chi connectivity index (χ2n) is 8.40. The summed E-state index contributed by atoms with van der Waals surface area (Å²) in [4.78, 5) is 17.4. The number of amides is 2. The van der Waals surface area contributed by atoms with E-state index in [1.54, 1.807) is 4.90 Å². The summed E-state index contributed by atoms with van der Waals surface area (Å²) in [5.41, 5.74) is 0.377. The number of piperidine rings is 1. The average Bonchev–Trinajstić information content (AvgIpc) is 2.78. The molecule has 7 heteroatoms. The molecule has 4 nitrogen and oxygen atoms in total. The number of halogens is 3. The summed E-state index contributed by atoms with van der Waals surface area (Å²) < 4.78 is 39.2. The van der Waals surface area contributed by atoms with Gasteiger partial charge in [-0.1, -0.05) is 56.2 Å². The zero-order chi connectivity index (χ0) is 23.0. The molecule has 0 aromatic heterocycles. The fourth-order valence-electron chi connectivity index (χ4n) is 4.16. The van der Waals surface area contributed by atoms with Crippen molar-refractivity contribution in [2.45, 2.75) is 57.8 Å². The highest BCUT2D eigenvalue weighted by molar-refractivity contribution is 5.89. The molecule has 1 saturated heterocycles. The SMILES string of the molecule is CCCCCN1CCC(N(Cc2ccccc2)C(=O)Nc2cccc(C(F)(F)F)c2)CC1. The van der Waals surface area contributed by atoms with Crippen molar-refractivity contribution >= 4 is 11.7 Å². The molecule has 0 aliphatic carbocycles. The quantitative estimate of drug-likeness (QED) is 0.476. The largest absolute Gasteiger partial charge is 0.416 e.